The summed E-state index contributed by atoms with van der Waals surface area (Å²) in [6.07, 6.45) is 0.0689. The van der Waals surface area contributed by atoms with Crippen molar-refractivity contribution >= 4 is 21.7 Å². The molecule has 1 saturated carbocycles. The second kappa shape index (κ2) is 2.62. The molecule has 0 radical (unpaired) electrons. The Bertz CT molecular complexity index is 99.1. The lowest BCUT2D eigenvalue weighted by atomic mass is 9.83. The molecule has 0 unspecified atom stereocenters. The van der Waals surface area contributed by atoms with E-state index in [1.54, 1.807) is 0 Å². The van der Waals surface area contributed by atoms with Crippen LogP contribution >= 0.6 is 21.7 Å². The maximum absolute atomic E-state index is 12.1. The lowest BCUT2D eigenvalue weighted by molar-refractivity contribution is -0.103. The maximum Gasteiger partial charge on any atom is 0.248 e. The van der Waals surface area contributed by atoms with E-state index in [9.17, 15) is 8.78 Å². The zero-order chi connectivity index (χ0) is 6.91. The van der Waals surface area contributed by atoms with E-state index in [0.717, 1.165) is 11.0 Å². The fourth-order valence-electron chi connectivity index (χ4n) is 0.992. The monoisotopic (exact) mass is 172 g/mol. The third kappa shape index (κ3) is 1.97. The summed E-state index contributed by atoms with van der Waals surface area (Å²) in [6, 6.07) is 0. The smallest absolute Gasteiger partial charge is 0.207 e. The van der Waals surface area contributed by atoms with Crippen LogP contribution in [-0.4, -0.2) is 11.7 Å². The molecule has 54 valence electrons. The first-order valence-corrected chi connectivity index (χ1v) is 4.56. The van der Waals surface area contributed by atoms with Crippen LogP contribution in [0.5, 0.6) is 0 Å². The number of alkyl halides is 2. The molecule has 0 atom stereocenters. The van der Waals surface area contributed by atoms with Crippen molar-refractivity contribution in [3.05, 3.63) is 0 Å². The Labute approximate surface area is 61.5 Å². The Morgan fingerprint density at radius 2 is 2.11 bits per heavy atom. The lowest BCUT2D eigenvalue weighted by Gasteiger charge is -2.33. The van der Waals surface area contributed by atoms with Crippen molar-refractivity contribution < 1.29 is 8.78 Å². The van der Waals surface area contributed by atoms with Gasteiger partial charge in [0.05, 0.1) is 0 Å². The van der Waals surface area contributed by atoms with Crippen LogP contribution in [0.1, 0.15) is 12.8 Å². The fourth-order valence-corrected chi connectivity index (χ4v) is 1.94. The standard InChI is InChI=1S/C5H7ClF2S/c6-9-3-4-1-5(7,8)2-4/h4H,1-3H2. The molecule has 0 saturated heterocycles. The Morgan fingerprint density at radius 1 is 1.56 bits per heavy atom. The molecule has 9 heavy (non-hydrogen) atoms. The summed E-state index contributed by atoms with van der Waals surface area (Å²) in [5, 5.41) is 0. The molecule has 0 nitrogen and oxygen atoms in total. The largest absolute Gasteiger partial charge is 0.248 e. The first kappa shape index (κ1) is 7.61. The average molecular weight is 173 g/mol. The van der Waals surface area contributed by atoms with Crippen molar-refractivity contribution in [3.8, 4) is 0 Å². The predicted molar refractivity (Wildman–Crippen MR) is 36.0 cm³/mol. The molecule has 4 heteroatoms. The van der Waals surface area contributed by atoms with E-state index >= 15 is 0 Å². The Hall–Kier alpha value is 0.500. The van der Waals surface area contributed by atoms with Gasteiger partial charge < -0.3 is 0 Å². The van der Waals surface area contributed by atoms with Gasteiger partial charge in [0.2, 0.25) is 5.92 Å². The first-order valence-electron chi connectivity index (χ1n) is 2.75. The summed E-state index contributed by atoms with van der Waals surface area (Å²) in [5.41, 5.74) is 0. The normalized spacial score (nSPS) is 25.7. The minimum absolute atomic E-state index is 0.0344. The van der Waals surface area contributed by atoms with Crippen molar-refractivity contribution in [3.63, 3.8) is 0 Å². The lowest BCUT2D eigenvalue weighted by Crippen LogP contribution is -2.36. The van der Waals surface area contributed by atoms with Crippen LogP contribution in [0.4, 0.5) is 8.78 Å². The van der Waals surface area contributed by atoms with Crippen LogP contribution in [0.25, 0.3) is 0 Å². The van der Waals surface area contributed by atoms with Crippen LogP contribution < -0.4 is 0 Å². The number of hydrogen-bond acceptors (Lipinski definition) is 1. The zero-order valence-electron chi connectivity index (χ0n) is 4.74. The van der Waals surface area contributed by atoms with E-state index in [1.165, 1.54) is 0 Å². The van der Waals surface area contributed by atoms with Gasteiger partial charge in [0.1, 0.15) is 0 Å². The Kier molecular flexibility index (Phi) is 2.22. The van der Waals surface area contributed by atoms with E-state index in [4.69, 9.17) is 10.7 Å². The molecule has 1 rings (SSSR count). The van der Waals surface area contributed by atoms with E-state index in [-0.39, 0.29) is 18.8 Å². The van der Waals surface area contributed by atoms with Crippen LogP contribution in [0.15, 0.2) is 0 Å². The molecule has 0 aromatic rings. The molecule has 0 spiro atoms. The van der Waals surface area contributed by atoms with Crippen molar-refractivity contribution in [2.75, 3.05) is 5.75 Å². The third-order valence-electron chi connectivity index (χ3n) is 1.47. The highest BCUT2D eigenvalue weighted by molar-refractivity contribution is 8.21. The van der Waals surface area contributed by atoms with Gasteiger partial charge in [-0.05, 0) is 16.6 Å². The zero-order valence-corrected chi connectivity index (χ0v) is 6.31. The molecule has 0 aromatic heterocycles. The Morgan fingerprint density at radius 3 is 2.44 bits per heavy atom. The van der Waals surface area contributed by atoms with Gasteiger partial charge in [-0.25, -0.2) is 8.78 Å². The third-order valence-corrected chi connectivity index (χ3v) is 2.45. The molecule has 0 aromatic carbocycles. The van der Waals surface area contributed by atoms with Crippen LogP contribution in [-0.2, 0) is 0 Å². The van der Waals surface area contributed by atoms with Gasteiger partial charge >= 0.3 is 0 Å². The first-order chi connectivity index (χ1) is 4.14. The number of hydrogen-bond donors (Lipinski definition) is 0. The molecular formula is C5H7ClF2S. The SMILES string of the molecule is FC1(F)CC(CSCl)C1. The minimum Gasteiger partial charge on any atom is -0.207 e. The summed E-state index contributed by atoms with van der Waals surface area (Å²) >= 11 is 0. The van der Waals surface area contributed by atoms with Gasteiger partial charge in [-0.15, -0.1) is 0 Å². The molecule has 0 amide bonds. The summed E-state index contributed by atoms with van der Waals surface area (Å²) in [4.78, 5) is 0. The topological polar surface area (TPSA) is 0 Å². The minimum atomic E-state index is -2.38. The molecule has 0 aliphatic heterocycles. The number of rotatable bonds is 2. The molecule has 1 fully saturated rings. The molecule has 0 N–H and O–H groups in total. The molecule has 1 aliphatic carbocycles. The van der Waals surface area contributed by atoms with E-state index in [1.807, 2.05) is 0 Å². The predicted octanol–water partition coefficient (Wildman–Crippen LogP) is 2.92. The maximum atomic E-state index is 12.1. The summed E-state index contributed by atoms with van der Waals surface area (Å²) in [5.74, 6) is -1.56. The van der Waals surface area contributed by atoms with Crippen LogP contribution in [0.2, 0.25) is 0 Å². The molecule has 0 bridgehead atoms. The van der Waals surface area contributed by atoms with Crippen molar-refractivity contribution in [2.24, 2.45) is 5.92 Å². The summed E-state index contributed by atoms with van der Waals surface area (Å²) in [7, 11) is 6.40. The second-order valence-corrected chi connectivity index (χ2v) is 3.61. The highest BCUT2D eigenvalue weighted by atomic mass is 35.7. The quantitative estimate of drug-likeness (QED) is 0.617. The van der Waals surface area contributed by atoms with Gasteiger partial charge in [-0.2, -0.15) is 0 Å². The average Bonchev–Trinajstić information content (AvgIpc) is 1.62. The van der Waals surface area contributed by atoms with Gasteiger partial charge in [-0.1, -0.05) is 11.0 Å². The summed E-state index contributed by atoms with van der Waals surface area (Å²) < 4.78 is 24.1. The molecule has 1 aliphatic rings. The fraction of sp³-hybridized carbons (Fsp3) is 1.00. The van der Waals surface area contributed by atoms with E-state index in [0.29, 0.717) is 5.75 Å². The highest BCUT2D eigenvalue weighted by Gasteiger charge is 2.44. The van der Waals surface area contributed by atoms with E-state index in [2.05, 4.69) is 0 Å². The van der Waals surface area contributed by atoms with Crippen molar-refractivity contribution in [2.45, 2.75) is 18.8 Å². The summed E-state index contributed by atoms with van der Waals surface area (Å²) in [6.45, 7) is 0. The van der Waals surface area contributed by atoms with Crippen LogP contribution in [0.3, 0.4) is 0 Å². The van der Waals surface area contributed by atoms with Crippen molar-refractivity contribution in [1.29, 1.82) is 0 Å². The van der Waals surface area contributed by atoms with Gasteiger partial charge in [0.25, 0.3) is 0 Å². The second-order valence-electron chi connectivity index (χ2n) is 2.41. The van der Waals surface area contributed by atoms with Gasteiger partial charge in [-0.3, -0.25) is 0 Å². The highest BCUT2D eigenvalue weighted by Crippen LogP contribution is 2.43. The van der Waals surface area contributed by atoms with Crippen molar-refractivity contribution in [1.82, 2.24) is 0 Å². The van der Waals surface area contributed by atoms with Gasteiger partial charge in [0.15, 0.2) is 0 Å². The van der Waals surface area contributed by atoms with Gasteiger partial charge in [0, 0.05) is 18.6 Å². The van der Waals surface area contributed by atoms with E-state index < -0.39 is 5.92 Å². The number of halogens is 3. The Balaban J connectivity index is 2.12. The molecule has 0 heterocycles. The molecular weight excluding hydrogens is 166 g/mol. The van der Waals surface area contributed by atoms with Crippen LogP contribution in [0, 0.1) is 5.92 Å².